The minimum absolute atomic E-state index is 0.296. The van der Waals surface area contributed by atoms with Gasteiger partial charge in [-0.3, -0.25) is 4.57 Å². The first-order chi connectivity index (χ1) is 13.1. The minimum atomic E-state index is -0.296. The standard InChI is InChI=1S/C20H18ClN3O3/c1-26-13-3-5-15-12(9-13)7-8-24-18(15)11-19(23-20(24)25)22-17-10-14(27-2)4-6-16(17)21/h3-6,9-11H,7-8H2,1-2H3,(H,22,23,25). The van der Waals surface area contributed by atoms with Crippen molar-refractivity contribution < 1.29 is 9.47 Å². The summed E-state index contributed by atoms with van der Waals surface area (Å²) >= 11 is 6.26. The molecule has 7 heteroatoms. The van der Waals surface area contributed by atoms with E-state index in [0.717, 1.165) is 29.0 Å². The van der Waals surface area contributed by atoms with Gasteiger partial charge in [0.25, 0.3) is 0 Å². The van der Waals surface area contributed by atoms with E-state index in [1.165, 1.54) is 0 Å². The summed E-state index contributed by atoms with van der Waals surface area (Å²) in [5.41, 5.74) is 3.29. The molecule has 1 N–H and O–H groups in total. The number of aryl methyl sites for hydroxylation is 1. The number of nitrogens with one attached hydrogen (secondary N) is 1. The molecule has 0 saturated heterocycles. The molecule has 0 atom stereocenters. The number of anilines is 2. The third-order valence-corrected chi connectivity index (χ3v) is 4.97. The second kappa shape index (κ2) is 6.96. The van der Waals surface area contributed by atoms with Crippen LogP contribution in [0.15, 0.2) is 47.3 Å². The zero-order valence-electron chi connectivity index (χ0n) is 15.0. The number of benzene rings is 2. The highest BCUT2D eigenvalue weighted by Crippen LogP contribution is 2.33. The fourth-order valence-electron chi connectivity index (χ4n) is 3.26. The lowest BCUT2D eigenvalue weighted by atomic mass is 9.97. The third-order valence-electron chi connectivity index (χ3n) is 4.64. The number of rotatable bonds is 4. The van der Waals surface area contributed by atoms with Crippen molar-refractivity contribution in [3.05, 3.63) is 63.5 Å². The monoisotopic (exact) mass is 383 g/mol. The minimum Gasteiger partial charge on any atom is -0.497 e. The molecule has 0 spiro atoms. The van der Waals surface area contributed by atoms with Crippen LogP contribution in [0.5, 0.6) is 11.5 Å². The van der Waals surface area contributed by atoms with Crippen molar-refractivity contribution in [3.8, 4) is 22.8 Å². The summed E-state index contributed by atoms with van der Waals surface area (Å²) in [5, 5.41) is 3.64. The lowest BCUT2D eigenvalue weighted by molar-refractivity contribution is 0.414. The number of halogens is 1. The largest absolute Gasteiger partial charge is 0.497 e. The Hall–Kier alpha value is -2.99. The molecule has 138 valence electrons. The van der Waals surface area contributed by atoms with Crippen molar-refractivity contribution >= 4 is 23.1 Å². The second-order valence-electron chi connectivity index (χ2n) is 6.20. The van der Waals surface area contributed by atoms with E-state index in [-0.39, 0.29) is 5.69 Å². The van der Waals surface area contributed by atoms with Gasteiger partial charge in [0.15, 0.2) is 0 Å². The van der Waals surface area contributed by atoms with E-state index < -0.39 is 0 Å². The molecule has 2 heterocycles. The Morgan fingerprint density at radius 1 is 1.07 bits per heavy atom. The molecule has 0 bridgehead atoms. The summed E-state index contributed by atoms with van der Waals surface area (Å²) in [6, 6.07) is 13.0. The normalized spacial score (nSPS) is 12.1. The Bertz CT molecular complexity index is 1080. The maximum Gasteiger partial charge on any atom is 0.350 e. The summed E-state index contributed by atoms with van der Waals surface area (Å²) in [4.78, 5) is 16.7. The van der Waals surface area contributed by atoms with Crippen molar-refractivity contribution in [2.45, 2.75) is 13.0 Å². The predicted molar refractivity (Wildman–Crippen MR) is 105 cm³/mol. The van der Waals surface area contributed by atoms with Gasteiger partial charge in [-0.1, -0.05) is 11.6 Å². The van der Waals surface area contributed by atoms with Crippen LogP contribution in [0.1, 0.15) is 5.56 Å². The predicted octanol–water partition coefficient (Wildman–Crippen LogP) is 3.88. The topological polar surface area (TPSA) is 65.4 Å². The van der Waals surface area contributed by atoms with E-state index in [4.69, 9.17) is 21.1 Å². The van der Waals surface area contributed by atoms with Crippen molar-refractivity contribution in [3.63, 3.8) is 0 Å². The molecule has 0 unspecified atom stereocenters. The van der Waals surface area contributed by atoms with Gasteiger partial charge >= 0.3 is 5.69 Å². The third kappa shape index (κ3) is 3.24. The fraction of sp³-hybridized carbons (Fsp3) is 0.200. The smallest absolute Gasteiger partial charge is 0.350 e. The summed E-state index contributed by atoms with van der Waals surface area (Å²) in [6.45, 7) is 0.585. The van der Waals surface area contributed by atoms with Gasteiger partial charge in [-0.2, -0.15) is 4.98 Å². The first-order valence-corrected chi connectivity index (χ1v) is 8.86. The summed E-state index contributed by atoms with van der Waals surface area (Å²) in [5.74, 6) is 1.90. The Morgan fingerprint density at radius 2 is 1.81 bits per heavy atom. The second-order valence-corrected chi connectivity index (χ2v) is 6.61. The number of hydrogen-bond acceptors (Lipinski definition) is 5. The van der Waals surface area contributed by atoms with Crippen LogP contribution >= 0.6 is 11.6 Å². The van der Waals surface area contributed by atoms with Gasteiger partial charge in [-0.05, 0) is 42.3 Å². The van der Waals surface area contributed by atoms with Crippen molar-refractivity contribution in [2.75, 3.05) is 19.5 Å². The number of aromatic nitrogens is 2. The number of hydrogen-bond donors (Lipinski definition) is 1. The number of methoxy groups -OCH3 is 2. The number of ether oxygens (including phenoxy) is 2. The van der Waals surface area contributed by atoms with E-state index in [0.29, 0.717) is 28.8 Å². The molecule has 1 aliphatic rings. The van der Waals surface area contributed by atoms with E-state index >= 15 is 0 Å². The molecule has 27 heavy (non-hydrogen) atoms. The molecule has 3 aromatic rings. The Kier molecular flexibility index (Phi) is 4.49. The zero-order valence-corrected chi connectivity index (χ0v) is 15.7. The Labute approximate surface area is 161 Å². The van der Waals surface area contributed by atoms with Crippen LogP contribution in [-0.4, -0.2) is 23.8 Å². The van der Waals surface area contributed by atoms with Crippen LogP contribution in [-0.2, 0) is 13.0 Å². The SMILES string of the molecule is COc1ccc2c(c1)CCn1c-2cc(Nc2cc(OC)ccc2Cl)nc1=O. The Balaban J connectivity index is 1.77. The van der Waals surface area contributed by atoms with Crippen LogP contribution < -0.4 is 20.5 Å². The highest BCUT2D eigenvalue weighted by molar-refractivity contribution is 6.33. The van der Waals surface area contributed by atoms with Crippen LogP contribution in [0.2, 0.25) is 5.02 Å². The maximum atomic E-state index is 12.5. The highest BCUT2D eigenvalue weighted by Gasteiger charge is 2.19. The van der Waals surface area contributed by atoms with Gasteiger partial charge in [0.05, 0.1) is 30.6 Å². The number of fused-ring (bicyclic) bond motifs is 3. The van der Waals surface area contributed by atoms with Crippen LogP contribution in [0.3, 0.4) is 0 Å². The van der Waals surface area contributed by atoms with Crippen molar-refractivity contribution in [1.29, 1.82) is 0 Å². The summed E-state index contributed by atoms with van der Waals surface area (Å²) in [7, 11) is 3.23. The molecule has 0 radical (unpaired) electrons. The lowest BCUT2D eigenvalue weighted by Crippen LogP contribution is -2.28. The molecule has 4 rings (SSSR count). The first-order valence-electron chi connectivity index (χ1n) is 8.49. The zero-order chi connectivity index (χ0) is 19.0. The van der Waals surface area contributed by atoms with E-state index in [9.17, 15) is 4.79 Å². The first kappa shape index (κ1) is 17.4. The molecule has 6 nitrogen and oxygen atoms in total. The molecular formula is C20H18ClN3O3. The molecule has 0 amide bonds. The van der Waals surface area contributed by atoms with Gasteiger partial charge in [0, 0.05) is 24.2 Å². The van der Waals surface area contributed by atoms with Crippen molar-refractivity contribution in [1.82, 2.24) is 9.55 Å². The fourth-order valence-corrected chi connectivity index (χ4v) is 3.43. The summed E-state index contributed by atoms with van der Waals surface area (Å²) < 4.78 is 12.2. The average molecular weight is 384 g/mol. The quantitative estimate of drug-likeness (QED) is 0.740. The van der Waals surface area contributed by atoms with Crippen LogP contribution in [0.25, 0.3) is 11.3 Å². The molecule has 1 aromatic heterocycles. The van der Waals surface area contributed by atoms with Crippen LogP contribution in [0, 0.1) is 0 Å². The molecule has 1 aliphatic heterocycles. The van der Waals surface area contributed by atoms with Gasteiger partial charge in [0.1, 0.15) is 17.3 Å². The maximum absolute atomic E-state index is 12.5. The van der Waals surface area contributed by atoms with Gasteiger partial charge in [-0.15, -0.1) is 0 Å². The highest BCUT2D eigenvalue weighted by atomic mass is 35.5. The summed E-state index contributed by atoms with van der Waals surface area (Å²) in [6.07, 6.45) is 0.760. The number of nitrogens with zero attached hydrogens (tertiary/aromatic N) is 2. The van der Waals surface area contributed by atoms with E-state index in [1.807, 2.05) is 24.3 Å². The molecule has 0 fully saturated rings. The van der Waals surface area contributed by atoms with Gasteiger partial charge < -0.3 is 14.8 Å². The average Bonchev–Trinajstić information content (AvgIpc) is 2.69. The van der Waals surface area contributed by atoms with Gasteiger partial charge in [-0.25, -0.2) is 4.79 Å². The Morgan fingerprint density at radius 3 is 2.59 bits per heavy atom. The molecule has 0 saturated carbocycles. The molecule has 0 aliphatic carbocycles. The van der Waals surface area contributed by atoms with E-state index in [1.54, 1.807) is 37.0 Å². The van der Waals surface area contributed by atoms with Gasteiger partial charge in [0.2, 0.25) is 0 Å². The molecular weight excluding hydrogens is 366 g/mol. The lowest BCUT2D eigenvalue weighted by Gasteiger charge is -2.22. The van der Waals surface area contributed by atoms with Crippen LogP contribution in [0.4, 0.5) is 11.5 Å². The molecule has 2 aromatic carbocycles. The van der Waals surface area contributed by atoms with E-state index in [2.05, 4.69) is 10.3 Å². The van der Waals surface area contributed by atoms with Crippen molar-refractivity contribution in [2.24, 2.45) is 0 Å².